The van der Waals surface area contributed by atoms with E-state index in [1.807, 2.05) is 0 Å². The third-order valence-corrected chi connectivity index (χ3v) is 2.37. The first-order valence-corrected chi connectivity index (χ1v) is 5.48. The van der Waals surface area contributed by atoms with Gasteiger partial charge >= 0.3 is 0 Å². The lowest BCUT2D eigenvalue weighted by Gasteiger charge is -2.23. The molecule has 0 radical (unpaired) electrons. The molecular formula is C12H19FN2. The van der Waals surface area contributed by atoms with Crippen LogP contribution in [0.1, 0.15) is 19.8 Å². The van der Waals surface area contributed by atoms with Crippen molar-refractivity contribution in [2.75, 3.05) is 24.5 Å². The minimum Gasteiger partial charge on any atom is -0.370 e. The van der Waals surface area contributed by atoms with Crippen molar-refractivity contribution >= 4 is 5.69 Å². The van der Waals surface area contributed by atoms with E-state index >= 15 is 0 Å². The van der Waals surface area contributed by atoms with Crippen LogP contribution in [0.5, 0.6) is 0 Å². The number of rotatable bonds is 6. The van der Waals surface area contributed by atoms with E-state index in [1.54, 1.807) is 12.1 Å². The molecule has 0 aliphatic carbocycles. The summed E-state index contributed by atoms with van der Waals surface area (Å²) in [7, 11) is 0. The molecular weight excluding hydrogens is 191 g/mol. The summed E-state index contributed by atoms with van der Waals surface area (Å²) in [6.07, 6.45) is 2.29. The third-order valence-electron chi connectivity index (χ3n) is 2.37. The molecule has 0 saturated heterocycles. The van der Waals surface area contributed by atoms with Crippen LogP contribution in [0.3, 0.4) is 0 Å². The second-order valence-electron chi connectivity index (χ2n) is 3.61. The average Bonchev–Trinajstić information content (AvgIpc) is 2.25. The van der Waals surface area contributed by atoms with Gasteiger partial charge in [0.15, 0.2) is 0 Å². The molecule has 0 saturated carbocycles. The van der Waals surface area contributed by atoms with Crippen LogP contribution in [0.2, 0.25) is 0 Å². The Morgan fingerprint density at radius 3 is 2.40 bits per heavy atom. The van der Waals surface area contributed by atoms with Crippen LogP contribution in [0.15, 0.2) is 24.3 Å². The largest absolute Gasteiger partial charge is 0.370 e. The molecule has 0 amide bonds. The number of nitrogens with two attached hydrogens (primary N) is 1. The van der Waals surface area contributed by atoms with Gasteiger partial charge in [-0.15, -0.1) is 0 Å². The summed E-state index contributed by atoms with van der Waals surface area (Å²) in [6, 6.07) is 6.59. The van der Waals surface area contributed by atoms with E-state index in [0.717, 1.165) is 31.6 Å². The molecule has 84 valence electrons. The van der Waals surface area contributed by atoms with Gasteiger partial charge in [0, 0.05) is 25.3 Å². The van der Waals surface area contributed by atoms with Gasteiger partial charge in [0.05, 0.1) is 0 Å². The minimum absolute atomic E-state index is 0.193. The Balaban J connectivity index is 2.65. The summed E-state index contributed by atoms with van der Waals surface area (Å²) >= 11 is 0. The highest BCUT2D eigenvalue weighted by molar-refractivity contribution is 5.46. The van der Waals surface area contributed by atoms with Gasteiger partial charge in [-0.1, -0.05) is 13.3 Å². The first-order chi connectivity index (χ1) is 7.27. The van der Waals surface area contributed by atoms with Crippen LogP contribution in [-0.4, -0.2) is 19.6 Å². The molecule has 1 rings (SSSR count). The van der Waals surface area contributed by atoms with Gasteiger partial charge in [-0.3, -0.25) is 0 Å². The highest BCUT2D eigenvalue weighted by Gasteiger charge is 2.04. The number of anilines is 1. The first-order valence-electron chi connectivity index (χ1n) is 5.48. The van der Waals surface area contributed by atoms with Crippen molar-refractivity contribution in [2.45, 2.75) is 19.8 Å². The van der Waals surface area contributed by atoms with E-state index in [4.69, 9.17) is 5.73 Å². The molecule has 0 spiro atoms. The Hall–Kier alpha value is -1.09. The molecule has 2 nitrogen and oxygen atoms in total. The molecule has 0 heterocycles. The van der Waals surface area contributed by atoms with Gasteiger partial charge in [-0.2, -0.15) is 0 Å². The summed E-state index contributed by atoms with van der Waals surface area (Å²) in [4.78, 5) is 2.20. The molecule has 0 atom stereocenters. The smallest absolute Gasteiger partial charge is 0.123 e. The maximum atomic E-state index is 12.7. The fourth-order valence-electron chi connectivity index (χ4n) is 1.53. The van der Waals surface area contributed by atoms with Crippen molar-refractivity contribution in [3.63, 3.8) is 0 Å². The fraction of sp³-hybridized carbons (Fsp3) is 0.500. The summed E-state index contributed by atoms with van der Waals surface area (Å²) < 4.78 is 12.7. The number of halogens is 1. The van der Waals surface area contributed by atoms with Crippen LogP contribution in [0, 0.1) is 5.82 Å². The molecule has 1 aromatic rings. The Bertz CT molecular complexity index is 271. The lowest BCUT2D eigenvalue weighted by molar-refractivity contribution is 0.627. The molecule has 2 N–H and O–H groups in total. The van der Waals surface area contributed by atoms with Crippen LogP contribution >= 0.6 is 0 Å². The van der Waals surface area contributed by atoms with Crippen LogP contribution in [0.25, 0.3) is 0 Å². The zero-order valence-electron chi connectivity index (χ0n) is 9.25. The molecule has 0 bridgehead atoms. The maximum Gasteiger partial charge on any atom is 0.123 e. The Morgan fingerprint density at radius 2 is 1.87 bits per heavy atom. The highest BCUT2D eigenvalue weighted by Crippen LogP contribution is 2.14. The zero-order valence-corrected chi connectivity index (χ0v) is 9.25. The van der Waals surface area contributed by atoms with E-state index in [1.165, 1.54) is 12.1 Å². The summed E-state index contributed by atoms with van der Waals surface area (Å²) in [5, 5.41) is 0. The summed E-state index contributed by atoms with van der Waals surface area (Å²) in [6.45, 7) is 4.59. The number of unbranched alkanes of at least 4 members (excludes halogenated alkanes) is 1. The molecule has 15 heavy (non-hydrogen) atoms. The third kappa shape index (κ3) is 3.88. The molecule has 0 aliphatic rings. The first kappa shape index (κ1) is 12.0. The number of nitrogens with zero attached hydrogens (tertiary/aromatic N) is 1. The van der Waals surface area contributed by atoms with Crippen LogP contribution in [0.4, 0.5) is 10.1 Å². The van der Waals surface area contributed by atoms with Gasteiger partial charge < -0.3 is 10.6 Å². The van der Waals surface area contributed by atoms with Crippen molar-refractivity contribution in [2.24, 2.45) is 5.73 Å². The second kappa shape index (κ2) is 6.40. The average molecular weight is 210 g/mol. The van der Waals surface area contributed by atoms with Gasteiger partial charge in [-0.25, -0.2) is 4.39 Å². The predicted molar refractivity (Wildman–Crippen MR) is 62.6 cm³/mol. The highest BCUT2D eigenvalue weighted by atomic mass is 19.1. The standard InChI is InChI=1S/C12H19FN2/c1-2-3-9-15(10-8-14)12-6-4-11(13)5-7-12/h4-7H,2-3,8-10,14H2,1H3. The number of benzene rings is 1. The quantitative estimate of drug-likeness (QED) is 0.781. The van der Waals surface area contributed by atoms with Crippen LogP contribution < -0.4 is 10.6 Å². The molecule has 0 aromatic heterocycles. The lowest BCUT2D eigenvalue weighted by Crippen LogP contribution is -2.30. The SMILES string of the molecule is CCCCN(CCN)c1ccc(F)cc1. The van der Waals surface area contributed by atoms with Crippen LogP contribution in [-0.2, 0) is 0 Å². The van der Waals surface area contributed by atoms with Crippen molar-refractivity contribution in [3.05, 3.63) is 30.1 Å². The Labute approximate surface area is 90.9 Å². The van der Waals surface area contributed by atoms with E-state index in [-0.39, 0.29) is 5.82 Å². The summed E-state index contributed by atoms with van der Waals surface area (Å²) in [5.41, 5.74) is 6.60. The molecule has 0 aliphatic heterocycles. The summed E-state index contributed by atoms with van der Waals surface area (Å²) in [5.74, 6) is -0.193. The topological polar surface area (TPSA) is 29.3 Å². The second-order valence-corrected chi connectivity index (χ2v) is 3.61. The van der Waals surface area contributed by atoms with Gasteiger partial charge in [0.1, 0.15) is 5.82 Å². The van der Waals surface area contributed by atoms with Gasteiger partial charge in [0.25, 0.3) is 0 Å². The maximum absolute atomic E-state index is 12.7. The van der Waals surface area contributed by atoms with Gasteiger partial charge in [0.2, 0.25) is 0 Å². The Kier molecular flexibility index (Phi) is 5.12. The monoisotopic (exact) mass is 210 g/mol. The van der Waals surface area contributed by atoms with Gasteiger partial charge in [-0.05, 0) is 30.7 Å². The Morgan fingerprint density at radius 1 is 1.20 bits per heavy atom. The van der Waals surface area contributed by atoms with E-state index in [2.05, 4.69) is 11.8 Å². The van der Waals surface area contributed by atoms with E-state index < -0.39 is 0 Å². The minimum atomic E-state index is -0.193. The molecule has 0 fully saturated rings. The van der Waals surface area contributed by atoms with Crippen molar-refractivity contribution in [1.82, 2.24) is 0 Å². The zero-order chi connectivity index (χ0) is 11.1. The van der Waals surface area contributed by atoms with E-state index in [0.29, 0.717) is 6.54 Å². The van der Waals surface area contributed by atoms with Crippen molar-refractivity contribution < 1.29 is 4.39 Å². The molecule has 3 heteroatoms. The molecule has 0 unspecified atom stereocenters. The van der Waals surface area contributed by atoms with Crippen molar-refractivity contribution in [1.29, 1.82) is 0 Å². The van der Waals surface area contributed by atoms with E-state index in [9.17, 15) is 4.39 Å². The number of hydrogen-bond donors (Lipinski definition) is 1. The molecule has 1 aromatic carbocycles. The normalized spacial score (nSPS) is 10.3. The fourth-order valence-corrected chi connectivity index (χ4v) is 1.53. The number of hydrogen-bond acceptors (Lipinski definition) is 2. The lowest BCUT2D eigenvalue weighted by atomic mass is 10.2. The predicted octanol–water partition coefficient (Wildman–Crippen LogP) is 2.39. The van der Waals surface area contributed by atoms with Crippen molar-refractivity contribution in [3.8, 4) is 0 Å².